The van der Waals surface area contributed by atoms with Gasteiger partial charge in [-0.2, -0.15) is 0 Å². The maximum atomic E-state index is 12.3. The van der Waals surface area contributed by atoms with E-state index in [-0.39, 0.29) is 31.6 Å². The fourth-order valence-corrected chi connectivity index (χ4v) is 8.07. The van der Waals surface area contributed by atoms with Crippen molar-refractivity contribution in [3.63, 3.8) is 0 Å². The van der Waals surface area contributed by atoms with Crippen LogP contribution in [0.4, 0.5) is 0 Å². The van der Waals surface area contributed by atoms with Gasteiger partial charge in [-0.05, 0) is 89.9 Å². The molecule has 0 aromatic rings. The number of allylic oxidation sites excluding steroid dienone is 16. The van der Waals surface area contributed by atoms with Crippen LogP contribution in [0.2, 0.25) is 0 Å². The van der Waals surface area contributed by atoms with E-state index in [1.165, 1.54) is 167 Å². The monoisotopic (exact) mass is 945 g/mol. The van der Waals surface area contributed by atoms with Gasteiger partial charge in [0.2, 0.25) is 0 Å². The second-order valence-corrected chi connectivity index (χ2v) is 19.0. The SMILES string of the molecule is CC/C=C\C/C=C\C/C=C\C/C=C\C/C=C\C/C=C\C/C=C\CCCC(=O)OC(CO)COC(=O)CCCCCCCCCCCCCCCCCCCCC/C=C\CCCCCCCCCC. The Morgan fingerprint density at radius 2 is 0.647 bits per heavy atom. The van der Waals surface area contributed by atoms with Gasteiger partial charge < -0.3 is 14.6 Å². The maximum Gasteiger partial charge on any atom is 0.306 e. The Morgan fingerprint density at radius 3 is 1.01 bits per heavy atom. The lowest BCUT2D eigenvalue weighted by molar-refractivity contribution is -0.161. The molecule has 0 aromatic heterocycles. The van der Waals surface area contributed by atoms with Crippen LogP contribution >= 0.6 is 0 Å². The Kier molecular flexibility index (Phi) is 55.4. The summed E-state index contributed by atoms with van der Waals surface area (Å²) in [7, 11) is 0. The van der Waals surface area contributed by atoms with E-state index in [4.69, 9.17) is 9.47 Å². The molecule has 5 heteroatoms. The number of hydrogen-bond donors (Lipinski definition) is 1. The summed E-state index contributed by atoms with van der Waals surface area (Å²) in [5, 5.41) is 9.64. The van der Waals surface area contributed by atoms with Crippen molar-refractivity contribution in [2.24, 2.45) is 0 Å². The summed E-state index contributed by atoms with van der Waals surface area (Å²) >= 11 is 0. The van der Waals surface area contributed by atoms with Crippen molar-refractivity contribution in [2.75, 3.05) is 13.2 Å². The van der Waals surface area contributed by atoms with Crippen LogP contribution in [-0.4, -0.2) is 36.4 Å². The van der Waals surface area contributed by atoms with Gasteiger partial charge >= 0.3 is 11.9 Å². The molecule has 0 aromatic carbocycles. The second kappa shape index (κ2) is 58.1. The van der Waals surface area contributed by atoms with E-state index in [0.29, 0.717) is 12.8 Å². The lowest BCUT2D eigenvalue weighted by Gasteiger charge is -2.15. The highest BCUT2D eigenvalue weighted by atomic mass is 16.6. The van der Waals surface area contributed by atoms with E-state index in [9.17, 15) is 14.7 Å². The molecule has 0 saturated carbocycles. The fraction of sp³-hybridized carbons (Fsp3) is 0.714. The molecule has 1 unspecified atom stereocenters. The molecule has 1 atom stereocenters. The molecule has 0 amide bonds. The van der Waals surface area contributed by atoms with Crippen LogP contribution in [0, 0.1) is 0 Å². The van der Waals surface area contributed by atoms with Gasteiger partial charge in [0, 0.05) is 12.8 Å². The number of rotatable bonds is 52. The van der Waals surface area contributed by atoms with E-state index in [0.717, 1.165) is 70.6 Å². The lowest BCUT2D eigenvalue weighted by atomic mass is 10.0. The minimum Gasteiger partial charge on any atom is -0.462 e. The summed E-state index contributed by atoms with van der Waals surface area (Å²) in [5.74, 6) is -0.657. The van der Waals surface area contributed by atoms with Crippen LogP contribution in [-0.2, 0) is 19.1 Å². The number of carbonyl (C=O) groups excluding carboxylic acids is 2. The van der Waals surface area contributed by atoms with Crippen LogP contribution in [0.25, 0.3) is 0 Å². The third-order valence-corrected chi connectivity index (χ3v) is 12.4. The molecule has 5 nitrogen and oxygen atoms in total. The number of esters is 2. The molecule has 1 N–H and O–H groups in total. The average Bonchev–Trinajstić information content (AvgIpc) is 3.34. The van der Waals surface area contributed by atoms with E-state index in [1.807, 2.05) is 0 Å². The molecule has 0 fully saturated rings. The maximum absolute atomic E-state index is 12.3. The van der Waals surface area contributed by atoms with Crippen molar-refractivity contribution in [3.8, 4) is 0 Å². The van der Waals surface area contributed by atoms with Gasteiger partial charge in [0.1, 0.15) is 6.61 Å². The molecule has 0 heterocycles. The summed E-state index contributed by atoms with van der Waals surface area (Å²) in [6.45, 7) is 4.00. The van der Waals surface area contributed by atoms with Gasteiger partial charge in [-0.3, -0.25) is 9.59 Å². The van der Waals surface area contributed by atoms with Gasteiger partial charge in [0.05, 0.1) is 6.61 Å². The number of carbonyl (C=O) groups is 2. The standard InChI is InChI=1S/C63H108O5/c1-3-5-7-9-11-13-15-17-19-21-23-25-27-28-29-30-31-32-33-34-36-37-39-41-43-45-47-49-51-53-55-57-62(65)67-60-61(59-64)68-63(66)58-56-54-52-50-48-46-44-42-40-38-35-26-24-22-20-18-16-14-12-10-8-6-4-2/h6,8,12,14,18,20-21,23-24,26,38,40,44,46,50,52,61,64H,3-5,7,9-11,13,15-17,19,22,25,27-37,39,41-43,45,47-49,51,53-60H2,1-2H3/b8-6-,14-12-,20-18-,23-21-,26-24-,40-38-,46-44-,52-50-. The zero-order valence-electron chi connectivity index (χ0n) is 44.6. The minimum absolute atomic E-state index is 0.0923. The third kappa shape index (κ3) is 55.4. The molecular formula is C63H108O5. The van der Waals surface area contributed by atoms with E-state index in [2.05, 4.69) is 111 Å². The van der Waals surface area contributed by atoms with Crippen LogP contribution in [0.5, 0.6) is 0 Å². The number of ether oxygens (including phenoxy) is 2. The second-order valence-electron chi connectivity index (χ2n) is 19.0. The minimum atomic E-state index is -0.808. The van der Waals surface area contributed by atoms with Gasteiger partial charge in [-0.25, -0.2) is 0 Å². The molecule has 0 aliphatic carbocycles. The lowest BCUT2D eigenvalue weighted by Crippen LogP contribution is -2.28. The Labute approximate surface area is 421 Å². The van der Waals surface area contributed by atoms with E-state index < -0.39 is 6.10 Å². The Hall–Kier alpha value is -3.18. The normalized spacial score (nSPS) is 12.9. The van der Waals surface area contributed by atoms with Crippen LogP contribution < -0.4 is 0 Å². The summed E-state index contributed by atoms with van der Waals surface area (Å²) in [4.78, 5) is 24.5. The predicted molar refractivity (Wildman–Crippen MR) is 297 cm³/mol. The summed E-state index contributed by atoms with van der Waals surface area (Å²) in [5.41, 5.74) is 0. The van der Waals surface area contributed by atoms with Crippen molar-refractivity contribution in [1.29, 1.82) is 0 Å². The number of hydrogen-bond acceptors (Lipinski definition) is 5. The van der Waals surface area contributed by atoms with Crippen molar-refractivity contribution >= 4 is 11.9 Å². The van der Waals surface area contributed by atoms with Crippen LogP contribution in [0.1, 0.15) is 271 Å². The molecule has 0 bridgehead atoms. The summed E-state index contributed by atoms with van der Waals surface area (Å²) < 4.78 is 10.7. The highest BCUT2D eigenvalue weighted by molar-refractivity contribution is 5.70. The molecular weight excluding hydrogens is 837 g/mol. The van der Waals surface area contributed by atoms with Crippen LogP contribution in [0.3, 0.4) is 0 Å². The molecule has 0 saturated heterocycles. The Balaban J connectivity index is 3.54. The van der Waals surface area contributed by atoms with Gasteiger partial charge in [-0.15, -0.1) is 0 Å². The third-order valence-electron chi connectivity index (χ3n) is 12.4. The summed E-state index contributed by atoms with van der Waals surface area (Å²) in [6.07, 6.45) is 82.5. The van der Waals surface area contributed by atoms with Gasteiger partial charge in [0.25, 0.3) is 0 Å². The van der Waals surface area contributed by atoms with E-state index >= 15 is 0 Å². The first-order chi connectivity index (χ1) is 33.6. The Morgan fingerprint density at radius 1 is 0.353 bits per heavy atom. The molecule has 390 valence electrons. The number of aliphatic hydroxyl groups excluding tert-OH is 1. The average molecular weight is 946 g/mol. The van der Waals surface area contributed by atoms with Crippen molar-refractivity contribution in [3.05, 3.63) is 97.2 Å². The number of aliphatic hydroxyl groups is 1. The molecule has 68 heavy (non-hydrogen) atoms. The first-order valence-electron chi connectivity index (χ1n) is 28.8. The highest BCUT2D eigenvalue weighted by Crippen LogP contribution is 2.16. The smallest absolute Gasteiger partial charge is 0.306 e. The zero-order valence-corrected chi connectivity index (χ0v) is 44.6. The molecule has 0 rings (SSSR count). The first kappa shape index (κ1) is 64.8. The largest absolute Gasteiger partial charge is 0.462 e. The van der Waals surface area contributed by atoms with Gasteiger partial charge in [0.15, 0.2) is 6.10 Å². The first-order valence-corrected chi connectivity index (χ1v) is 28.8. The van der Waals surface area contributed by atoms with Crippen molar-refractivity contribution in [2.45, 2.75) is 277 Å². The zero-order chi connectivity index (χ0) is 49.2. The van der Waals surface area contributed by atoms with E-state index in [1.54, 1.807) is 0 Å². The van der Waals surface area contributed by atoms with Crippen molar-refractivity contribution in [1.82, 2.24) is 0 Å². The van der Waals surface area contributed by atoms with Gasteiger partial charge in [-0.1, -0.05) is 265 Å². The summed E-state index contributed by atoms with van der Waals surface area (Å²) in [6, 6.07) is 0. The Bertz CT molecular complexity index is 1300. The number of unbranched alkanes of at least 4 members (excludes halogenated alkanes) is 28. The molecule has 0 aliphatic heterocycles. The fourth-order valence-electron chi connectivity index (χ4n) is 8.07. The molecule has 0 radical (unpaired) electrons. The molecule has 0 spiro atoms. The van der Waals surface area contributed by atoms with Crippen LogP contribution in [0.15, 0.2) is 97.2 Å². The quantitative estimate of drug-likeness (QED) is 0.0374. The topological polar surface area (TPSA) is 72.8 Å². The molecule has 0 aliphatic rings. The highest BCUT2D eigenvalue weighted by Gasteiger charge is 2.16. The predicted octanol–water partition coefficient (Wildman–Crippen LogP) is 19.5. The van der Waals surface area contributed by atoms with Crippen molar-refractivity contribution < 1.29 is 24.2 Å².